The quantitative estimate of drug-likeness (QED) is 0.901. The molecule has 2 N–H and O–H groups in total. The molecule has 1 atom stereocenters. The van der Waals surface area contributed by atoms with Gasteiger partial charge < -0.3 is 10.6 Å². The van der Waals surface area contributed by atoms with Crippen molar-refractivity contribution in [2.75, 3.05) is 23.7 Å². The number of aryl methyl sites for hydroxylation is 2. The standard InChI is InChI=1S/C15H23N3S/c1-11-10-18(6-7-19-11)15-13(9-16)8-12-4-2-3-5-14(12)17-15/h8,11H,2-7,9-10,16H2,1H3. The van der Waals surface area contributed by atoms with Crippen LogP contribution in [-0.2, 0) is 19.4 Å². The maximum absolute atomic E-state index is 5.95. The van der Waals surface area contributed by atoms with Crippen LogP contribution in [-0.4, -0.2) is 29.1 Å². The molecule has 0 spiro atoms. The molecule has 19 heavy (non-hydrogen) atoms. The lowest BCUT2D eigenvalue weighted by Gasteiger charge is -2.33. The lowest BCUT2D eigenvalue weighted by molar-refractivity contribution is 0.660. The Morgan fingerprint density at radius 3 is 3.05 bits per heavy atom. The summed E-state index contributed by atoms with van der Waals surface area (Å²) in [6.45, 7) is 5.11. The van der Waals surface area contributed by atoms with E-state index in [0.717, 1.165) is 25.3 Å². The largest absolute Gasteiger partial charge is 0.354 e. The smallest absolute Gasteiger partial charge is 0.133 e. The number of hydrogen-bond donors (Lipinski definition) is 1. The summed E-state index contributed by atoms with van der Waals surface area (Å²) in [5, 5.41) is 0.692. The van der Waals surface area contributed by atoms with Gasteiger partial charge >= 0.3 is 0 Å². The van der Waals surface area contributed by atoms with Gasteiger partial charge in [0.15, 0.2) is 0 Å². The highest BCUT2D eigenvalue weighted by Crippen LogP contribution is 2.29. The van der Waals surface area contributed by atoms with Gasteiger partial charge in [-0.05, 0) is 37.3 Å². The van der Waals surface area contributed by atoms with Gasteiger partial charge in [0.1, 0.15) is 5.82 Å². The van der Waals surface area contributed by atoms with Crippen molar-refractivity contribution in [3.8, 4) is 0 Å². The molecular formula is C15H23N3S. The fourth-order valence-electron chi connectivity index (χ4n) is 3.11. The van der Waals surface area contributed by atoms with E-state index in [4.69, 9.17) is 10.7 Å². The van der Waals surface area contributed by atoms with Crippen LogP contribution >= 0.6 is 11.8 Å². The second kappa shape index (κ2) is 5.71. The van der Waals surface area contributed by atoms with Gasteiger partial charge in [-0.15, -0.1) is 0 Å². The van der Waals surface area contributed by atoms with E-state index in [9.17, 15) is 0 Å². The molecule has 3 nitrogen and oxygen atoms in total. The van der Waals surface area contributed by atoms with Crippen LogP contribution in [0.25, 0.3) is 0 Å². The van der Waals surface area contributed by atoms with Crippen molar-refractivity contribution in [2.45, 2.75) is 44.4 Å². The maximum Gasteiger partial charge on any atom is 0.133 e. The zero-order chi connectivity index (χ0) is 13.2. The van der Waals surface area contributed by atoms with Gasteiger partial charge in [-0.3, -0.25) is 0 Å². The van der Waals surface area contributed by atoms with E-state index in [1.165, 1.54) is 41.8 Å². The molecular weight excluding hydrogens is 254 g/mol. The number of aromatic nitrogens is 1. The van der Waals surface area contributed by atoms with Gasteiger partial charge in [0.2, 0.25) is 0 Å². The molecule has 1 aromatic heterocycles. The van der Waals surface area contributed by atoms with Crippen LogP contribution in [0, 0.1) is 0 Å². The number of hydrogen-bond acceptors (Lipinski definition) is 4. The molecule has 0 radical (unpaired) electrons. The highest BCUT2D eigenvalue weighted by Gasteiger charge is 2.22. The minimum Gasteiger partial charge on any atom is -0.354 e. The third-order valence-electron chi connectivity index (χ3n) is 4.12. The predicted molar refractivity (Wildman–Crippen MR) is 82.9 cm³/mol. The summed E-state index contributed by atoms with van der Waals surface area (Å²) in [4.78, 5) is 7.42. The van der Waals surface area contributed by atoms with Gasteiger partial charge in [0, 0.05) is 41.9 Å². The summed E-state index contributed by atoms with van der Waals surface area (Å²) < 4.78 is 0. The van der Waals surface area contributed by atoms with E-state index in [1.54, 1.807) is 0 Å². The zero-order valence-corrected chi connectivity index (χ0v) is 12.5. The van der Waals surface area contributed by atoms with E-state index >= 15 is 0 Å². The highest BCUT2D eigenvalue weighted by molar-refractivity contribution is 8.00. The first-order chi connectivity index (χ1) is 9.28. The van der Waals surface area contributed by atoms with Crippen LogP contribution in [0.5, 0.6) is 0 Å². The number of fused-ring (bicyclic) bond motifs is 1. The predicted octanol–water partition coefficient (Wildman–Crippen LogP) is 2.36. The fourth-order valence-corrected chi connectivity index (χ4v) is 4.12. The molecule has 3 rings (SSSR count). The molecule has 2 aliphatic rings. The molecule has 2 heterocycles. The summed E-state index contributed by atoms with van der Waals surface area (Å²) in [5.41, 5.74) is 9.95. The lowest BCUT2D eigenvalue weighted by Crippen LogP contribution is -2.38. The van der Waals surface area contributed by atoms with Gasteiger partial charge in [-0.1, -0.05) is 6.92 Å². The number of anilines is 1. The van der Waals surface area contributed by atoms with Crippen molar-refractivity contribution in [2.24, 2.45) is 5.73 Å². The Morgan fingerprint density at radius 2 is 2.26 bits per heavy atom. The monoisotopic (exact) mass is 277 g/mol. The summed E-state index contributed by atoms with van der Waals surface area (Å²) in [5.74, 6) is 2.36. The molecule has 1 aliphatic heterocycles. The molecule has 4 heteroatoms. The minimum absolute atomic E-state index is 0.605. The van der Waals surface area contributed by atoms with E-state index < -0.39 is 0 Å². The van der Waals surface area contributed by atoms with Crippen LogP contribution in [0.1, 0.15) is 36.6 Å². The lowest BCUT2D eigenvalue weighted by atomic mass is 9.94. The first-order valence-electron chi connectivity index (χ1n) is 7.36. The van der Waals surface area contributed by atoms with E-state index in [-0.39, 0.29) is 0 Å². The van der Waals surface area contributed by atoms with Gasteiger partial charge in [-0.2, -0.15) is 11.8 Å². The molecule has 0 bridgehead atoms. The van der Waals surface area contributed by atoms with Crippen molar-refractivity contribution in [1.29, 1.82) is 0 Å². The third kappa shape index (κ3) is 2.75. The Kier molecular flexibility index (Phi) is 3.99. The number of thioether (sulfide) groups is 1. The summed E-state index contributed by atoms with van der Waals surface area (Å²) in [6.07, 6.45) is 4.91. The van der Waals surface area contributed by atoms with Gasteiger partial charge in [-0.25, -0.2) is 4.98 Å². The maximum atomic E-state index is 5.95. The molecule has 1 aliphatic carbocycles. The molecule has 1 aromatic rings. The van der Waals surface area contributed by atoms with Crippen molar-refractivity contribution in [1.82, 2.24) is 4.98 Å². The normalized spacial score (nSPS) is 23.3. The van der Waals surface area contributed by atoms with Crippen molar-refractivity contribution < 1.29 is 0 Å². The van der Waals surface area contributed by atoms with E-state index in [2.05, 4.69) is 29.7 Å². The topological polar surface area (TPSA) is 42.2 Å². The number of pyridine rings is 1. The SMILES string of the molecule is CC1CN(c2nc3c(cc2CN)CCCC3)CCS1. The first-order valence-corrected chi connectivity index (χ1v) is 8.41. The van der Waals surface area contributed by atoms with Crippen LogP contribution in [0.2, 0.25) is 0 Å². The molecule has 1 fully saturated rings. The Labute approximate surface area is 120 Å². The Balaban J connectivity index is 1.94. The molecule has 1 saturated heterocycles. The van der Waals surface area contributed by atoms with Crippen LogP contribution < -0.4 is 10.6 Å². The van der Waals surface area contributed by atoms with Gasteiger partial charge in [0.25, 0.3) is 0 Å². The summed E-state index contributed by atoms with van der Waals surface area (Å²) in [7, 11) is 0. The number of nitrogens with zero attached hydrogens (tertiary/aromatic N) is 2. The zero-order valence-electron chi connectivity index (χ0n) is 11.7. The molecule has 0 saturated carbocycles. The van der Waals surface area contributed by atoms with Crippen molar-refractivity contribution in [3.63, 3.8) is 0 Å². The van der Waals surface area contributed by atoms with Crippen LogP contribution in [0.15, 0.2) is 6.07 Å². The second-order valence-corrected chi connectivity index (χ2v) is 7.16. The van der Waals surface area contributed by atoms with Gasteiger partial charge in [0.05, 0.1) is 0 Å². The number of rotatable bonds is 2. The molecule has 104 valence electrons. The summed E-state index contributed by atoms with van der Waals surface area (Å²) >= 11 is 2.06. The Bertz CT molecular complexity index is 461. The highest BCUT2D eigenvalue weighted by atomic mass is 32.2. The molecule has 0 amide bonds. The third-order valence-corrected chi connectivity index (χ3v) is 5.25. The average molecular weight is 277 g/mol. The van der Waals surface area contributed by atoms with Crippen LogP contribution in [0.3, 0.4) is 0 Å². The Morgan fingerprint density at radius 1 is 1.42 bits per heavy atom. The second-order valence-electron chi connectivity index (χ2n) is 5.62. The average Bonchev–Trinajstić information content (AvgIpc) is 2.46. The van der Waals surface area contributed by atoms with Crippen molar-refractivity contribution >= 4 is 17.6 Å². The van der Waals surface area contributed by atoms with E-state index in [1.807, 2.05) is 0 Å². The number of nitrogens with two attached hydrogens (primary N) is 1. The summed E-state index contributed by atoms with van der Waals surface area (Å²) in [6, 6.07) is 2.32. The fraction of sp³-hybridized carbons (Fsp3) is 0.667. The van der Waals surface area contributed by atoms with Crippen molar-refractivity contribution in [3.05, 3.63) is 22.9 Å². The molecule has 1 unspecified atom stereocenters. The molecule has 0 aromatic carbocycles. The van der Waals surface area contributed by atoms with Crippen LogP contribution in [0.4, 0.5) is 5.82 Å². The minimum atomic E-state index is 0.605. The first kappa shape index (κ1) is 13.3. The Hall–Kier alpha value is -0.740. The van der Waals surface area contributed by atoms with E-state index in [0.29, 0.717) is 11.8 Å².